The summed E-state index contributed by atoms with van der Waals surface area (Å²) in [5.41, 5.74) is 2.52. The van der Waals surface area contributed by atoms with Crippen molar-refractivity contribution in [3.63, 3.8) is 0 Å². The summed E-state index contributed by atoms with van der Waals surface area (Å²) in [4.78, 5) is 37.8. The first-order valence-corrected chi connectivity index (χ1v) is 7.76. The van der Waals surface area contributed by atoms with Gasteiger partial charge in [0.1, 0.15) is 6.54 Å². The number of hydrogen-bond acceptors (Lipinski definition) is 4. The van der Waals surface area contributed by atoms with Crippen LogP contribution in [0, 0.1) is 0 Å². The van der Waals surface area contributed by atoms with E-state index >= 15 is 0 Å². The van der Waals surface area contributed by atoms with Crippen LogP contribution in [-0.4, -0.2) is 34.4 Å². The summed E-state index contributed by atoms with van der Waals surface area (Å²) in [6.07, 6.45) is 0.735. The number of fused-ring (bicyclic) bond motifs is 1. The SMILES string of the molecule is CCc1ccc(CN2C(=O)c3ccccc3C2=O)n1CC(=O)OC. The Morgan fingerprint density at radius 1 is 1.00 bits per heavy atom. The summed E-state index contributed by atoms with van der Waals surface area (Å²) in [6, 6.07) is 10.5. The lowest BCUT2D eigenvalue weighted by Gasteiger charge is -2.17. The van der Waals surface area contributed by atoms with Crippen LogP contribution in [-0.2, 0) is 29.0 Å². The summed E-state index contributed by atoms with van der Waals surface area (Å²) < 4.78 is 6.53. The zero-order chi connectivity index (χ0) is 17.3. The maximum atomic E-state index is 12.5. The van der Waals surface area contributed by atoms with Crippen molar-refractivity contribution in [2.75, 3.05) is 7.11 Å². The molecule has 0 saturated carbocycles. The number of benzene rings is 1. The Hall–Kier alpha value is -2.89. The summed E-state index contributed by atoms with van der Waals surface area (Å²) >= 11 is 0. The molecule has 0 aliphatic carbocycles. The average Bonchev–Trinajstić information content (AvgIpc) is 3.09. The summed E-state index contributed by atoms with van der Waals surface area (Å²) in [7, 11) is 1.33. The molecule has 0 radical (unpaired) electrons. The van der Waals surface area contributed by atoms with Crippen molar-refractivity contribution in [3.05, 3.63) is 58.9 Å². The molecule has 0 unspecified atom stereocenters. The molecule has 2 heterocycles. The molecule has 0 fully saturated rings. The second kappa shape index (κ2) is 6.31. The molecule has 1 aliphatic heterocycles. The molecule has 124 valence electrons. The van der Waals surface area contributed by atoms with Crippen molar-refractivity contribution in [1.29, 1.82) is 0 Å². The normalized spacial score (nSPS) is 13.3. The zero-order valence-electron chi connectivity index (χ0n) is 13.6. The minimum absolute atomic E-state index is 0.0607. The molecule has 0 spiro atoms. The number of rotatable bonds is 5. The first-order valence-electron chi connectivity index (χ1n) is 7.76. The van der Waals surface area contributed by atoms with Gasteiger partial charge in [-0.3, -0.25) is 19.3 Å². The molecule has 2 aromatic rings. The van der Waals surface area contributed by atoms with E-state index in [1.54, 1.807) is 28.8 Å². The minimum atomic E-state index is -0.371. The zero-order valence-corrected chi connectivity index (χ0v) is 13.6. The van der Waals surface area contributed by atoms with E-state index in [9.17, 15) is 14.4 Å². The highest BCUT2D eigenvalue weighted by Crippen LogP contribution is 2.25. The molecule has 2 amide bonds. The monoisotopic (exact) mass is 326 g/mol. The largest absolute Gasteiger partial charge is 0.468 e. The quantitative estimate of drug-likeness (QED) is 0.623. The molecule has 0 bridgehead atoms. The van der Waals surface area contributed by atoms with Crippen LogP contribution in [0.1, 0.15) is 39.0 Å². The number of aryl methyl sites for hydroxylation is 1. The molecule has 0 saturated heterocycles. The van der Waals surface area contributed by atoms with E-state index in [4.69, 9.17) is 4.74 Å². The molecule has 0 N–H and O–H groups in total. The highest BCUT2D eigenvalue weighted by molar-refractivity contribution is 6.21. The molecule has 0 atom stereocenters. The van der Waals surface area contributed by atoms with Crippen LogP contribution in [0.5, 0.6) is 0 Å². The fourth-order valence-corrected chi connectivity index (χ4v) is 2.95. The van der Waals surface area contributed by atoms with Gasteiger partial charge in [0.25, 0.3) is 11.8 Å². The second-order valence-corrected chi connectivity index (χ2v) is 5.57. The number of methoxy groups -OCH3 is 1. The van der Waals surface area contributed by atoms with Crippen molar-refractivity contribution in [3.8, 4) is 0 Å². The molecule has 1 aliphatic rings. The van der Waals surface area contributed by atoms with Crippen molar-refractivity contribution in [1.82, 2.24) is 9.47 Å². The number of imide groups is 1. The number of aromatic nitrogens is 1. The number of nitrogens with zero attached hydrogens (tertiary/aromatic N) is 2. The van der Waals surface area contributed by atoms with Gasteiger partial charge in [0.05, 0.1) is 24.8 Å². The van der Waals surface area contributed by atoms with Crippen molar-refractivity contribution in [2.45, 2.75) is 26.4 Å². The molecule has 3 rings (SSSR count). The maximum absolute atomic E-state index is 12.5. The lowest BCUT2D eigenvalue weighted by atomic mass is 10.1. The van der Waals surface area contributed by atoms with Crippen LogP contribution in [0.15, 0.2) is 36.4 Å². The van der Waals surface area contributed by atoms with E-state index < -0.39 is 0 Å². The van der Waals surface area contributed by atoms with Gasteiger partial charge in [-0.15, -0.1) is 0 Å². The van der Waals surface area contributed by atoms with Gasteiger partial charge in [-0.2, -0.15) is 0 Å². The van der Waals surface area contributed by atoms with Gasteiger partial charge >= 0.3 is 5.97 Å². The fourth-order valence-electron chi connectivity index (χ4n) is 2.95. The molecule has 24 heavy (non-hydrogen) atoms. The Labute approximate surface area is 139 Å². The van der Waals surface area contributed by atoms with Crippen LogP contribution in [0.4, 0.5) is 0 Å². The number of amides is 2. The Morgan fingerprint density at radius 2 is 1.58 bits per heavy atom. The average molecular weight is 326 g/mol. The maximum Gasteiger partial charge on any atom is 0.325 e. The second-order valence-electron chi connectivity index (χ2n) is 5.57. The smallest absolute Gasteiger partial charge is 0.325 e. The highest BCUT2D eigenvalue weighted by Gasteiger charge is 2.35. The van der Waals surface area contributed by atoms with Crippen molar-refractivity contribution in [2.24, 2.45) is 0 Å². The fraction of sp³-hybridized carbons (Fsp3) is 0.278. The molecular formula is C18H18N2O4. The lowest BCUT2D eigenvalue weighted by Crippen LogP contribution is -2.30. The topological polar surface area (TPSA) is 68.6 Å². The Balaban J connectivity index is 1.90. The van der Waals surface area contributed by atoms with E-state index in [0.29, 0.717) is 11.1 Å². The van der Waals surface area contributed by atoms with Crippen LogP contribution in [0.2, 0.25) is 0 Å². The number of hydrogen-bond donors (Lipinski definition) is 0. The van der Waals surface area contributed by atoms with E-state index in [1.807, 2.05) is 19.1 Å². The van der Waals surface area contributed by atoms with E-state index in [1.165, 1.54) is 12.0 Å². The van der Waals surface area contributed by atoms with Crippen LogP contribution < -0.4 is 0 Å². The van der Waals surface area contributed by atoms with Gasteiger partial charge in [-0.05, 0) is 30.7 Å². The molecular weight excluding hydrogens is 308 g/mol. The number of carbonyl (C=O) groups is 3. The van der Waals surface area contributed by atoms with E-state index in [2.05, 4.69) is 0 Å². The van der Waals surface area contributed by atoms with Gasteiger partial charge in [0.15, 0.2) is 0 Å². The first kappa shape index (κ1) is 16.0. The lowest BCUT2D eigenvalue weighted by molar-refractivity contribution is -0.141. The van der Waals surface area contributed by atoms with Crippen LogP contribution >= 0.6 is 0 Å². The third kappa shape index (κ3) is 2.60. The van der Waals surface area contributed by atoms with Gasteiger partial charge in [0.2, 0.25) is 0 Å². The van der Waals surface area contributed by atoms with Gasteiger partial charge in [-0.25, -0.2) is 0 Å². The van der Waals surface area contributed by atoms with Gasteiger partial charge in [-0.1, -0.05) is 19.1 Å². The summed E-state index contributed by atoms with van der Waals surface area (Å²) in [5, 5.41) is 0. The van der Waals surface area contributed by atoms with Gasteiger partial charge in [0, 0.05) is 11.4 Å². The van der Waals surface area contributed by atoms with Crippen LogP contribution in [0.25, 0.3) is 0 Å². The molecule has 6 nitrogen and oxygen atoms in total. The standard InChI is InChI=1S/C18H18N2O4/c1-3-12-8-9-13(19(12)11-16(21)24-2)10-20-17(22)14-6-4-5-7-15(14)18(20)23/h4-9H,3,10-11H2,1-2H3. The molecule has 1 aromatic carbocycles. The van der Waals surface area contributed by atoms with Crippen molar-refractivity contribution >= 4 is 17.8 Å². The Morgan fingerprint density at radius 3 is 2.12 bits per heavy atom. The Kier molecular flexibility index (Phi) is 4.20. The number of esters is 1. The third-order valence-electron chi connectivity index (χ3n) is 4.24. The summed E-state index contributed by atoms with van der Waals surface area (Å²) in [5.74, 6) is -0.983. The Bertz CT molecular complexity index is 787. The van der Waals surface area contributed by atoms with Crippen molar-refractivity contribution < 1.29 is 19.1 Å². The number of carbonyl (C=O) groups excluding carboxylic acids is 3. The highest BCUT2D eigenvalue weighted by atomic mass is 16.5. The first-order chi connectivity index (χ1) is 11.6. The van der Waals surface area contributed by atoms with E-state index in [-0.39, 0.29) is 30.9 Å². The predicted octanol–water partition coefficient (Wildman–Crippen LogP) is 2.02. The minimum Gasteiger partial charge on any atom is -0.468 e. The predicted molar refractivity (Wildman–Crippen MR) is 86.5 cm³/mol. The molecule has 1 aromatic heterocycles. The number of ether oxygens (including phenoxy) is 1. The van der Waals surface area contributed by atoms with E-state index in [0.717, 1.165) is 17.8 Å². The third-order valence-corrected chi connectivity index (χ3v) is 4.24. The molecule has 6 heteroatoms. The van der Waals surface area contributed by atoms with Crippen LogP contribution in [0.3, 0.4) is 0 Å². The summed E-state index contributed by atoms with van der Waals surface area (Å²) in [6.45, 7) is 2.17. The van der Waals surface area contributed by atoms with Gasteiger partial charge < -0.3 is 9.30 Å².